The Hall–Kier alpha value is -0.440. The summed E-state index contributed by atoms with van der Waals surface area (Å²) in [6, 6.07) is 5.62. The van der Waals surface area contributed by atoms with Gasteiger partial charge in [0.05, 0.1) is 22.3 Å². The van der Waals surface area contributed by atoms with Gasteiger partial charge in [0.2, 0.25) is 0 Å². The van der Waals surface area contributed by atoms with Crippen LogP contribution >= 0.6 is 23.2 Å². The summed E-state index contributed by atoms with van der Waals surface area (Å²) in [5, 5.41) is 4.49. The maximum atomic E-state index is 6.02. The first-order chi connectivity index (χ1) is 7.15. The number of hydrogen-bond acceptors (Lipinski definition) is 2. The number of halogens is 2. The summed E-state index contributed by atoms with van der Waals surface area (Å²) in [7, 11) is 0. The number of benzene rings is 1. The van der Waals surface area contributed by atoms with Crippen molar-refractivity contribution in [1.82, 2.24) is 0 Å². The van der Waals surface area contributed by atoms with Crippen LogP contribution in [0.5, 0.6) is 0 Å². The number of nitrogens with one attached hydrogen (secondary N) is 1. The lowest BCUT2D eigenvalue weighted by Crippen LogP contribution is -2.22. The Bertz CT molecular complexity index is 297. The number of para-hydroxylation sites is 1. The second-order valence-corrected chi connectivity index (χ2v) is 4.12. The Balaban J connectivity index is 2.63. The van der Waals surface area contributed by atoms with Crippen LogP contribution in [0.15, 0.2) is 18.2 Å². The van der Waals surface area contributed by atoms with Crippen molar-refractivity contribution >= 4 is 28.9 Å². The van der Waals surface area contributed by atoms with Gasteiger partial charge in [-0.15, -0.1) is 0 Å². The van der Waals surface area contributed by atoms with Crippen LogP contribution in [0, 0.1) is 0 Å². The second kappa shape index (κ2) is 6.21. The van der Waals surface area contributed by atoms with E-state index in [0.717, 1.165) is 5.69 Å². The van der Waals surface area contributed by atoms with E-state index < -0.39 is 0 Å². The van der Waals surface area contributed by atoms with Crippen LogP contribution < -0.4 is 5.32 Å². The van der Waals surface area contributed by atoms with Crippen LogP contribution in [0.25, 0.3) is 0 Å². The fourth-order valence-corrected chi connectivity index (χ4v) is 1.72. The molecule has 0 spiro atoms. The van der Waals surface area contributed by atoms with E-state index in [9.17, 15) is 0 Å². The molecule has 1 unspecified atom stereocenters. The van der Waals surface area contributed by atoms with Crippen molar-refractivity contribution in [3.8, 4) is 0 Å². The monoisotopic (exact) mass is 247 g/mol. The van der Waals surface area contributed by atoms with Gasteiger partial charge in [0.15, 0.2) is 0 Å². The zero-order chi connectivity index (χ0) is 11.3. The van der Waals surface area contributed by atoms with E-state index in [1.54, 1.807) is 0 Å². The molecule has 0 heterocycles. The molecular weight excluding hydrogens is 233 g/mol. The molecular formula is C11H15Cl2NO. The van der Waals surface area contributed by atoms with E-state index in [-0.39, 0.29) is 6.04 Å². The molecule has 1 aromatic carbocycles. The largest absolute Gasteiger partial charge is 0.380 e. The molecule has 84 valence electrons. The van der Waals surface area contributed by atoms with Gasteiger partial charge in [-0.05, 0) is 26.0 Å². The Labute approximate surface area is 101 Å². The topological polar surface area (TPSA) is 21.3 Å². The summed E-state index contributed by atoms with van der Waals surface area (Å²) in [6.07, 6.45) is 0. The Kier molecular flexibility index (Phi) is 5.23. The standard InChI is InChI=1S/C11H15Cl2NO/c1-3-15-7-8(2)14-11-9(12)5-4-6-10(11)13/h4-6,8,14H,3,7H2,1-2H3. The van der Waals surface area contributed by atoms with Gasteiger partial charge in [-0.25, -0.2) is 0 Å². The third kappa shape index (κ3) is 3.90. The SMILES string of the molecule is CCOCC(C)Nc1c(Cl)cccc1Cl. The van der Waals surface area contributed by atoms with Crippen molar-refractivity contribution < 1.29 is 4.74 Å². The van der Waals surface area contributed by atoms with Gasteiger partial charge in [-0.1, -0.05) is 29.3 Å². The lowest BCUT2D eigenvalue weighted by molar-refractivity contribution is 0.141. The van der Waals surface area contributed by atoms with Crippen LogP contribution in [0.1, 0.15) is 13.8 Å². The van der Waals surface area contributed by atoms with Crippen molar-refractivity contribution in [3.63, 3.8) is 0 Å². The summed E-state index contributed by atoms with van der Waals surface area (Å²) >= 11 is 12.0. The molecule has 0 amide bonds. The first kappa shape index (κ1) is 12.6. The molecule has 2 nitrogen and oxygen atoms in total. The lowest BCUT2D eigenvalue weighted by Gasteiger charge is -2.17. The van der Waals surface area contributed by atoms with Gasteiger partial charge >= 0.3 is 0 Å². The molecule has 0 radical (unpaired) electrons. The van der Waals surface area contributed by atoms with Crippen LogP contribution in [0.2, 0.25) is 10.0 Å². The van der Waals surface area contributed by atoms with Gasteiger partial charge in [-0.3, -0.25) is 0 Å². The van der Waals surface area contributed by atoms with Crippen molar-refractivity contribution in [2.75, 3.05) is 18.5 Å². The first-order valence-corrected chi connectivity index (χ1v) is 5.69. The molecule has 0 aliphatic heterocycles. The van der Waals surface area contributed by atoms with E-state index in [2.05, 4.69) is 5.32 Å². The van der Waals surface area contributed by atoms with Crippen molar-refractivity contribution in [1.29, 1.82) is 0 Å². The average molecular weight is 248 g/mol. The highest BCUT2D eigenvalue weighted by Gasteiger charge is 2.08. The molecule has 0 aliphatic rings. The third-order valence-electron chi connectivity index (χ3n) is 1.93. The first-order valence-electron chi connectivity index (χ1n) is 4.93. The highest BCUT2D eigenvalue weighted by molar-refractivity contribution is 6.39. The average Bonchev–Trinajstić information content (AvgIpc) is 2.21. The summed E-state index contributed by atoms with van der Waals surface area (Å²) in [5.74, 6) is 0. The van der Waals surface area contributed by atoms with Crippen molar-refractivity contribution in [3.05, 3.63) is 28.2 Å². The number of anilines is 1. The minimum Gasteiger partial charge on any atom is -0.380 e. The van der Waals surface area contributed by atoms with Crippen molar-refractivity contribution in [2.45, 2.75) is 19.9 Å². The molecule has 4 heteroatoms. The van der Waals surface area contributed by atoms with E-state index in [4.69, 9.17) is 27.9 Å². The summed E-state index contributed by atoms with van der Waals surface area (Å²) in [4.78, 5) is 0. The Morgan fingerprint density at radius 1 is 1.33 bits per heavy atom. The minimum absolute atomic E-state index is 0.183. The summed E-state index contributed by atoms with van der Waals surface area (Å²) in [6.45, 7) is 5.34. The molecule has 1 atom stereocenters. The maximum absolute atomic E-state index is 6.02. The second-order valence-electron chi connectivity index (χ2n) is 3.30. The molecule has 1 rings (SSSR count). The lowest BCUT2D eigenvalue weighted by atomic mass is 10.2. The molecule has 0 aliphatic carbocycles. The van der Waals surface area contributed by atoms with Crippen LogP contribution in [0.3, 0.4) is 0 Å². The number of ether oxygens (including phenoxy) is 1. The van der Waals surface area contributed by atoms with E-state index in [0.29, 0.717) is 23.3 Å². The molecule has 15 heavy (non-hydrogen) atoms. The Morgan fingerprint density at radius 2 is 1.93 bits per heavy atom. The van der Waals surface area contributed by atoms with Crippen LogP contribution in [-0.4, -0.2) is 19.3 Å². The molecule has 1 aromatic rings. The zero-order valence-electron chi connectivity index (χ0n) is 8.89. The van der Waals surface area contributed by atoms with Gasteiger partial charge in [0.1, 0.15) is 0 Å². The highest BCUT2D eigenvalue weighted by atomic mass is 35.5. The minimum atomic E-state index is 0.183. The van der Waals surface area contributed by atoms with E-state index in [1.807, 2.05) is 32.0 Å². The van der Waals surface area contributed by atoms with Gasteiger partial charge in [-0.2, -0.15) is 0 Å². The quantitative estimate of drug-likeness (QED) is 0.854. The molecule has 0 saturated carbocycles. The fourth-order valence-electron chi connectivity index (χ4n) is 1.22. The van der Waals surface area contributed by atoms with E-state index in [1.165, 1.54) is 0 Å². The molecule has 0 saturated heterocycles. The van der Waals surface area contributed by atoms with Crippen LogP contribution in [-0.2, 0) is 4.74 Å². The molecule has 0 fully saturated rings. The van der Waals surface area contributed by atoms with Gasteiger partial charge in [0.25, 0.3) is 0 Å². The highest BCUT2D eigenvalue weighted by Crippen LogP contribution is 2.30. The molecule has 1 N–H and O–H groups in total. The van der Waals surface area contributed by atoms with Gasteiger partial charge in [0, 0.05) is 12.6 Å². The number of rotatable bonds is 5. The van der Waals surface area contributed by atoms with Gasteiger partial charge < -0.3 is 10.1 Å². The fraction of sp³-hybridized carbons (Fsp3) is 0.455. The predicted octanol–water partition coefficient (Wildman–Crippen LogP) is 3.83. The molecule has 0 aromatic heterocycles. The number of hydrogen-bond donors (Lipinski definition) is 1. The van der Waals surface area contributed by atoms with E-state index >= 15 is 0 Å². The summed E-state index contributed by atoms with van der Waals surface area (Å²) < 4.78 is 5.30. The van der Waals surface area contributed by atoms with Crippen LogP contribution in [0.4, 0.5) is 5.69 Å². The maximum Gasteiger partial charge on any atom is 0.0721 e. The Morgan fingerprint density at radius 3 is 2.47 bits per heavy atom. The normalized spacial score (nSPS) is 12.5. The smallest absolute Gasteiger partial charge is 0.0721 e. The zero-order valence-corrected chi connectivity index (χ0v) is 10.4. The van der Waals surface area contributed by atoms with Crippen molar-refractivity contribution in [2.24, 2.45) is 0 Å². The molecule has 0 bridgehead atoms. The predicted molar refractivity (Wildman–Crippen MR) is 66.0 cm³/mol. The third-order valence-corrected chi connectivity index (χ3v) is 2.56. The summed E-state index contributed by atoms with van der Waals surface area (Å²) in [5.41, 5.74) is 0.771.